The van der Waals surface area contributed by atoms with Crippen LogP contribution in [0.25, 0.3) is 6.08 Å². The number of hydrogen-bond acceptors (Lipinski definition) is 5. The van der Waals surface area contributed by atoms with E-state index in [0.717, 1.165) is 11.1 Å². The molecule has 0 unspecified atom stereocenters. The number of carboxylic acids is 1. The fourth-order valence-electron chi connectivity index (χ4n) is 2.60. The Morgan fingerprint density at radius 2 is 2.11 bits per heavy atom. The number of thiocarbonyl (C=S) groups is 1. The summed E-state index contributed by atoms with van der Waals surface area (Å²) in [6.07, 6.45) is 1.75. The molecule has 1 aliphatic heterocycles. The largest absolute Gasteiger partial charge is 0.487 e. The van der Waals surface area contributed by atoms with Crippen LogP contribution in [0.2, 0.25) is 5.02 Å². The Labute approximate surface area is 176 Å². The smallest absolute Gasteiger partial charge is 0.335 e. The van der Waals surface area contributed by atoms with Gasteiger partial charge < -0.3 is 9.84 Å². The Balaban J connectivity index is 1.72. The maximum Gasteiger partial charge on any atom is 0.335 e. The summed E-state index contributed by atoms with van der Waals surface area (Å²) in [6.45, 7) is 2.61. The summed E-state index contributed by atoms with van der Waals surface area (Å²) in [6, 6.07) is 11.8. The number of carbonyl (C=O) groups excluding carboxylic acids is 1. The van der Waals surface area contributed by atoms with Gasteiger partial charge in [-0.2, -0.15) is 0 Å². The molecule has 1 fully saturated rings. The van der Waals surface area contributed by atoms with Gasteiger partial charge in [0.15, 0.2) is 0 Å². The molecule has 8 heteroatoms. The van der Waals surface area contributed by atoms with Gasteiger partial charge in [-0.05, 0) is 48.4 Å². The molecule has 1 N–H and O–H groups in total. The van der Waals surface area contributed by atoms with E-state index in [1.807, 2.05) is 6.92 Å². The number of carboxylic acid groups (broad SMARTS) is 1. The van der Waals surface area contributed by atoms with Crippen molar-refractivity contribution in [2.75, 3.05) is 6.54 Å². The fraction of sp³-hybridized carbons (Fsp3) is 0.150. The molecule has 5 nitrogen and oxygen atoms in total. The number of aromatic carboxylic acids is 1. The van der Waals surface area contributed by atoms with Gasteiger partial charge in [0.25, 0.3) is 5.91 Å². The van der Waals surface area contributed by atoms with Gasteiger partial charge in [0.05, 0.1) is 15.5 Å². The molecule has 0 bridgehead atoms. The first-order chi connectivity index (χ1) is 13.4. The van der Waals surface area contributed by atoms with Gasteiger partial charge in [-0.1, -0.05) is 53.8 Å². The predicted molar refractivity (Wildman–Crippen MR) is 115 cm³/mol. The lowest BCUT2D eigenvalue weighted by atomic mass is 10.1. The Kier molecular flexibility index (Phi) is 6.39. The highest BCUT2D eigenvalue weighted by Gasteiger charge is 2.30. The molecule has 0 saturated carbocycles. The van der Waals surface area contributed by atoms with E-state index >= 15 is 0 Å². The number of hydrogen-bond donors (Lipinski definition) is 1. The molecule has 2 aromatic rings. The molecule has 1 amide bonds. The summed E-state index contributed by atoms with van der Waals surface area (Å²) in [7, 11) is 0. The number of rotatable bonds is 6. The summed E-state index contributed by atoms with van der Waals surface area (Å²) >= 11 is 12.8. The Morgan fingerprint density at radius 3 is 2.75 bits per heavy atom. The van der Waals surface area contributed by atoms with Crippen LogP contribution < -0.4 is 4.74 Å². The standard InChI is InChI=1S/C20H16ClNO4S2/c1-2-22-18(23)17(28-20(22)27)10-12-6-7-16(15(21)9-12)26-11-13-4-3-5-14(8-13)19(24)25/h3-10H,2,11H2,1H3,(H,24,25). The number of likely N-dealkylation sites (N-methyl/N-ethyl adjacent to an activating group) is 1. The summed E-state index contributed by atoms with van der Waals surface area (Å²) in [5.41, 5.74) is 1.69. The summed E-state index contributed by atoms with van der Waals surface area (Å²) in [5, 5.41) is 9.45. The molecule has 3 rings (SSSR count). The van der Waals surface area contributed by atoms with E-state index in [1.54, 1.807) is 47.4 Å². The molecule has 0 aliphatic carbocycles. The average Bonchev–Trinajstić information content (AvgIpc) is 2.94. The van der Waals surface area contributed by atoms with Crippen molar-refractivity contribution in [2.24, 2.45) is 0 Å². The second kappa shape index (κ2) is 8.77. The van der Waals surface area contributed by atoms with E-state index in [9.17, 15) is 9.59 Å². The monoisotopic (exact) mass is 433 g/mol. The molecule has 0 spiro atoms. The summed E-state index contributed by atoms with van der Waals surface area (Å²) in [4.78, 5) is 25.4. The molecular weight excluding hydrogens is 418 g/mol. The summed E-state index contributed by atoms with van der Waals surface area (Å²) in [5.74, 6) is -0.620. The van der Waals surface area contributed by atoms with Crippen molar-refractivity contribution < 1.29 is 19.4 Å². The third-order valence-electron chi connectivity index (χ3n) is 4.01. The van der Waals surface area contributed by atoms with Gasteiger partial charge in [0.2, 0.25) is 0 Å². The molecule has 144 valence electrons. The highest BCUT2D eigenvalue weighted by atomic mass is 35.5. The Morgan fingerprint density at radius 1 is 1.32 bits per heavy atom. The van der Waals surface area contributed by atoms with Crippen LogP contribution in [0, 0.1) is 0 Å². The third kappa shape index (κ3) is 4.55. The quantitative estimate of drug-likeness (QED) is 0.519. The zero-order valence-corrected chi connectivity index (χ0v) is 17.2. The topological polar surface area (TPSA) is 66.8 Å². The molecule has 1 saturated heterocycles. The minimum atomic E-state index is -0.988. The Bertz CT molecular complexity index is 990. The first-order valence-corrected chi connectivity index (χ1v) is 9.99. The summed E-state index contributed by atoms with van der Waals surface area (Å²) < 4.78 is 6.26. The van der Waals surface area contributed by atoms with Crippen LogP contribution in [-0.2, 0) is 11.4 Å². The second-order valence-corrected chi connectivity index (χ2v) is 7.99. The zero-order valence-electron chi connectivity index (χ0n) is 14.8. The van der Waals surface area contributed by atoms with Crippen LogP contribution in [0.4, 0.5) is 0 Å². The van der Waals surface area contributed by atoms with Crippen LogP contribution in [0.15, 0.2) is 47.4 Å². The molecule has 28 heavy (non-hydrogen) atoms. The van der Waals surface area contributed by atoms with E-state index < -0.39 is 5.97 Å². The minimum Gasteiger partial charge on any atom is -0.487 e. The number of thioether (sulfide) groups is 1. The maximum absolute atomic E-state index is 12.3. The van der Waals surface area contributed by atoms with Crippen LogP contribution in [0.5, 0.6) is 5.75 Å². The van der Waals surface area contributed by atoms with Crippen LogP contribution in [0.1, 0.15) is 28.4 Å². The predicted octanol–water partition coefficient (Wildman–Crippen LogP) is 4.84. The van der Waals surface area contributed by atoms with E-state index in [1.165, 1.54) is 17.8 Å². The van der Waals surface area contributed by atoms with Crippen molar-refractivity contribution in [1.29, 1.82) is 0 Å². The fourth-order valence-corrected chi connectivity index (χ4v) is 4.23. The lowest BCUT2D eigenvalue weighted by Crippen LogP contribution is -2.27. The minimum absolute atomic E-state index is 0.104. The number of halogens is 1. The molecule has 1 aliphatic rings. The van der Waals surface area contributed by atoms with Gasteiger partial charge in [-0.15, -0.1) is 0 Å². The van der Waals surface area contributed by atoms with Crippen LogP contribution in [0.3, 0.4) is 0 Å². The van der Waals surface area contributed by atoms with E-state index in [0.29, 0.717) is 26.5 Å². The van der Waals surface area contributed by atoms with Gasteiger partial charge in [-0.25, -0.2) is 4.79 Å². The number of ether oxygens (including phenoxy) is 1. The molecule has 2 aromatic carbocycles. The van der Waals surface area contributed by atoms with Gasteiger partial charge >= 0.3 is 5.97 Å². The molecular formula is C20H16ClNO4S2. The third-order valence-corrected chi connectivity index (χ3v) is 5.68. The van der Waals surface area contributed by atoms with Crippen molar-refractivity contribution in [1.82, 2.24) is 4.90 Å². The highest BCUT2D eigenvalue weighted by molar-refractivity contribution is 8.26. The number of amides is 1. The van der Waals surface area contributed by atoms with Crippen molar-refractivity contribution in [3.05, 3.63) is 69.1 Å². The van der Waals surface area contributed by atoms with E-state index in [-0.39, 0.29) is 18.1 Å². The highest BCUT2D eigenvalue weighted by Crippen LogP contribution is 2.34. The van der Waals surface area contributed by atoms with Crippen LogP contribution in [-0.4, -0.2) is 32.7 Å². The van der Waals surface area contributed by atoms with Crippen molar-refractivity contribution >= 4 is 57.9 Å². The molecule has 1 heterocycles. The number of nitrogens with zero attached hydrogens (tertiary/aromatic N) is 1. The number of carbonyl (C=O) groups is 2. The Hall–Kier alpha value is -2.35. The van der Waals surface area contributed by atoms with Gasteiger partial charge in [0, 0.05) is 6.54 Å². The maximum atomic E-state index is 12.3. The molecule has 0 aromatic heterocycles. The average molecular weight is 434 g/mol. The van der Waals surface area contributed by atoms with E-state index in [4.69, 9.17) is 33.7 Å². The zero-order chi connectivity index (χ0) is 20.3. The molecule has 0 atom stereocenters. The van der Waals surface area contributed by atoms with E-state index in [2.05, 4.69) is 0 Å². The number of benzene rings is 2. The van der Waals surface area contributed by atoms with Crippen LogP contribution >= 0.6 is 35.6 Å². The first kappa shape index (κ1) is 20.4. The first-order valence-electron chi connectivity index (χ1n) is 8.39. The normalized spacial score (nSPS) is 15.4. The van der Waals surface area contributed by atoms with Crippen molar-refractivity contribution in [3.8, 4) is 5.75 Å². The lowest BCUT2D eigenvalue weighted by molar-refractivity contribution is -0.121. The molecule has 0 radical (unpaired) electrons. The lowest BCUT2D eigenvalue weighted by Gasteiger charge is -2.10. The van der Waals surface area contributed by atoms with Crippen molar-refractivity contribution in [2.45, 2.75) is 13.5 Å². The van der Waals surface area contributed by atoms with Crippen molar-refractivity contribution in [3.63, 3.8) is 0 Å². The SMILES string of the molecule is CCN1C(=O)C(=Cc2ccc(OCc3cccc(C(=O)O)c3)c(Cl)c2)SC1=S. The van der Waals surface area contributed by atoms with Gasteiger partial charge in [-0.3, -0.25) is 9.69 Å². The van der Waals surface area contributed by atoms with Gasteiger partial charge in [0.1, 0.15) is 16.7 Å². The second-order valence-electron chi connectivity index (χ2n) is 5.91.